The minimum Gasteiger partial charge on any atom is -0.459 e. The highest BCUT2D eigenvalue weighted by Gasteiger charge is 2.34. The van der Waals surface area contributed by atoms with Gasteiger partial charge in [-0.3, -0.25) is 0 Å². The van der Waals surface area contributed by atoms with Crippen molar-refractivity contribution >= 4 is 17.0 Å². The van der Waals surface area contributed by atoms with E-state index < -0.39 is 5.60 Å². The van der Waals surface area contributed by atoms with Gasteiger partial charge in [0.15, 0.2) is 0 Å². The predicted molar refractivity (Wildman–Crippen MR) is 84.7 cm³/mol. The molecule has 5 heteroatoms. The quantitative estimate of drug-likeness (QED) is 0.812. The van der Waals surface area contributed by atoms with E-state index in [4.69, 9.17) is 4.42 Å². The first kappa shape index (κ1) is 14.9. The van der Waals surface area contributed by atoms with E-state index in [-0.39, 0.29) is 12.1 Å². The molecule has 3 rings (SSSR count). The number of rotatable bonds is 4. The highest BCUT2D eigenvalue weighted by atomic mass is 16.3. The zero-order chi connectivity index (χ0) is 15.7. The summed E-state index contributed by atoms with van der Waals surface area (Å²) >= 11 is 0. The molecule has 5 nitrogen and oxygen atoms in total. The molecule has 22 heavy (non-hydrogen) atoms. The van der Waals surface area contributed by atoms with Crippen LogP contribution in [0, 0.1) is 6.92 Å². The lowest BCUT2D eigenvalue weighted by molar-refractivity contribution is -0.0290. The Bertz CT molecular complexity index is 688. The van der Waals surface area contributed by atoms with E-state index in [2.05, 4.69) is 10.6 Å². The van der Waals surface area contributed by atoms with Crippen molar-refractivity contribution in [1.82, 2.24) is 10.6 Å². The second kappa shape index (κ2) is 5.65. The molecular weight excluding hydrogens is 280 g/mol. The molecule has 1 saturated carbocycles. The first-order valence-electron chi connectivity index (χ1n) is 7.73. The summed E-state index contributed by atoms with van der Waals surface area (Å²) in [6.07, 6.45) is 2.53. The Labute approximate surface area is 129 Å². The topological polar surface area (TPSA) is 74.5 Å². The molecule has 2 amide bonds. The molecule has 0 radical (unpaired) electrons. The third-order valence-electron chi connectivity index (χ3n) is 4.48. The van der Waals surface area contributed by atoms with E-state index >= 15 is 0 Å². The number of aliphatic hydroxyl groups is 1. The van der Waals surface area contributed by atoms with Gasteiger partial charge in [0.05, 0.1) is 11.6 Å². The van der Waals surface area contributed by atoms with Crippen LogP contribution in [-0.4, -0.2) is 23.3 Å². The van der Waals surface area contributed by atoms with E-state index in [1.54, 1.807) is 0 Å². The van der Waals surface area contributed by atoms with Crippen LogP contribution < -0.4 is 10.6 Å². The van der Waals surface area contributed by atoms with Gasteiger partial charge in [-0.15, -0.1) is 0 Å². The number of carbonyl (C=O) groups excluding carboxylic acids is 1. The van der Waals surface area contributed by atoms with Gasteiger partial charge in [-0.05, 0) is 39.2 Å². The van der Waals surface area contributed by atoms with Crippen LogP contribution in [0.25, 0.3) is 11.0 Å². The van der Waals surface area contributed by atoms with E-state index in [1.807, 2.05) is 38.1 Å². The van der Waals surface area contributed by atoms with Crippen molar-refractivity contribution in [2.24, 2.45) is 0 Å². The van der Waals surface area contributed by atoms with Crippen molar-refractivity contribution in [3.8, 4) is 0 Å². The van der Waals surface area contributed by atoms with Crippen LogP contribution in [0.4, 0.5) is 4.79 Å². The summed E-state index contributed by atoms with van der Waals surface area (Å²) in [5.41, 5.74) is 1.16. The second-order valence-electron chi connectivity index (χ2n) is 6.21. The number of benzene rings is 1. The van der Waals surface area contributed by atoms with Gasteiger partial charge in [-0.2, -0.15) is 0 Å². The molecule has 1 fully saturated rings. The minimum atomic E-state index is -0.712. The molecule has 3 N–H and O–H groups in total. The standard InChI is InChI=1S/C17H22N2O3/c1-11-13-6-3-4-7-14(13)22-15(11)12(2)19-16(20)18-10-17(21)8-5-9-17/h3-4,6-7,12,21H,5,8-10H2,1-2H3,(H2,18,19,20). The van der Waals surface area contributed by atoms with Gasteiger partial charge in [0.2, 0.25) is 0 Å². The van der Waals surface area contributed by atoms with Gasteiger partial charge in [-0.1, -0.05) is 18.2 Å². The Balaban J connectivity index is 1.64. The van der Waals surface area contributed by atoms with Crippen molar-refractivity contribution in [1.29, 1.82) is 0 Å². The van der Waals surface area contributed by atoms with Crippen molar-refractivity contribution in [3.05, 3.63) is 35.6 Å². The Morgan fingerprint density at radius 1 is 1.41 bits per heavy atom. The Morgan fingerprint density at radius 3 is 2.77 bits per heavy atom. The fourth-order valence-electron chi connectivity index (χ4n) is 2.93. The van der Waals surface area contributed by atoms with E-state index in [0.717, 1.165) is 41.6 Å². The molecule has 2 aromatic rings. The van der Waals surface area contributed by atoms with E-state index in [9.17, 15) is 9.90 Å². The lowest BCUT2D eigenvalue weighted by Gasteiger charge is -2.36. The van der Waals surface area contributed by atoms with Crippen LogP contribution in [0.15, 0.2) is 28.7 Å². The first-order valence-corrected chi connectivity index (χ1v) is 7.73. The zero-order valence-corrected chi connectivity index (χ0v) is 13.0. The number of aryl methyl sites for hydroxylation is 1. The maximum Gasteiger partial charge on any atom is 0.315 e. The molecule has 1 aromatic heterocycles. The highest BCUT2D eigenvalue weighted by molar-refractivity contribution is 5.82. The van der Waals surface area contributed by atoms with Gasteiger partial charge in [0.25, 0.3) is 0 Å². The van der Waals surface area contributed by atoms with Gasteiger partial charge in [0.1, 0.15) is 11.3 Å². The van der Waals surface area contributed by atoms with Gasteiger partial charge < -0.3 is 20.2 Å². The number of para-hydroxylation sites is 1. The molecule has 0 aliphatic heterocycles. The predicted octanol–water partition coefficient (Wildman–Crippen LogP) is 3.02. The summed E-state index contributed by atoms with van der Waals surface area (Å²) in [5, 5.41) is 16.7. The number of carbonyl (C=O) groups is 1. The Hall–Kier alpha value is -2.01. The first-order chi connectivity index (χ1) is 10.5. The fourth-order valence-corrected chi connectivity index (χ4v) is 2.93. The molecule has 1 atom stereocenters. The number of hydrogen-bond donors (Lipinski definition) is 3. The highest BCUT2D eigenvalue weighted by Crippen LogP contribution is 2.31. The normalized spacial score (nSPS) is 17.8. The van der Waals surface area contributed by atoms with Crippen molar-refractivity contribution in [2.45, 2.75) is 44.8 Å². The van der Waals surface area contributed by atoms with E-state index in [1.165, 1.54) is 0 Å². The summed E-state index contributed by atoms with van der Waals surface area (Å²) in [6, 6.07) is 7.32. The molecule has 0 spiro atoms. The van der Waals surface area contributed by atoms with Crippen LogP contribution in [0.3, 0.4) is 0 Å². The SMILES string of the molecule is Cc1c(C(C)NC(=O)NCC2(O)CCC2)oc2ccccc12. The van der Waals surface area contributed by atoms with Crippen LogP contribution >= 0.6 is 0 Å². The largest absolute Gasteiger partial charge is 0.459 e. The summed E-state index contributed by atoms with van der Waals surface area (Å²) < 4.78 is 5.85. The number of fused-ring (bicyclic) bond motifs is 1. The number of nitrogens with one attached hydrogen (secondary N) is 2. The maximum absolute atomic E-state index is 12.0. The fraction of sp³-hybridized carbons (Fsp3) is 0.471. The molecule has 1 aliphatic rings. The van der Waals surface area contributed by atoms with Crippen molar-refractivity contribution < 1.29 is 14.3 Å². The maximum atomic E-state index is 12.0. The smallest absolute Gasteiger partial charge is 0.315 e. The molecule has 118 valence electrons. The summed E-state index contributed by atoms with van der Waals surface area (Å²) in [6.45, 7) is 4.18. The molecule has 1 unspecified atom stereocenters. The summed E-state index contributed by atoms with van der Waals surface area (Å²) in [4.78, 5) is 12.0. The summed E-state index contributed by atoms with van der Waals surface area (Å²) in [5.74, 6) is 0.763. The number of urea groups is 1. The van der Waals surface area contributed by atoms with Crippen molar-refractivity contribution in [2.75, 3.05) is 6.54 Å². The van der Waals surface area contributed by atoms with Crippen LogP contribution in [0.5, 0.6) is 0 Å². The van der Waals surface area contributed by atoms with Gasteiger partial charge >= 0.3 is 6.03 Å². The molecule has 0 bridgehead atoms. The summed E-state index contributed by atoms with van der Waals surface area (Å²) in [7, 11) is 0. The van der Waals surface area contributed by atoms with Crippen LogP contribution in [0.1, 0.15) is 43.6 Å². The average molecular weight is 302 g/mol. The molecule has 1 aromatic carbocycles. The van der Waals surface area contributed by atoms with Gasteiger partial charge in [0, 0.05) is 17.5 Å². The van der Waals surface area contributed by atoms with Crippen molar-refractivity contribution in [3.63, 3.8) is 0 Å². The Morgan fingerprint density at radius 2 is 2.14 bits per heavy atom. The molecular formula is C17H22N2O3. The monoisotopic (exact) mass is 302 g/mol. The van der Waals surface area contributed by atoms with Gasteiger partial charge in [-0.25, -0.2) is 4.79 Å². The molecule has 1 heterocycles. The van der Waals surface area contributed by atoms with Crippen LogP contribution in [-0.2, 0) is 0 Å². The molecule has 0 saturated heterocycles. The lowest BCUT2D eigenvalue weighted by atomic mass is 9.80. The number of hydrogen-bond acceptors (Lipinski definition) is 3. The third-order valence-corrected chi connectivity index (χ3v) is 4.48. The van der Waals surface area contributed by atoms with Crippen LogP contribution in [0.2, 0.25) is 0 Å². The van der Waals surface area contributed by atoms with E-state index in [0.29, 0.717) is 6.54 Å². The Kier molecular flexibility index (Phi) is 3.83. The molecule has 1 aliphatic carbocycles. The lowest BCUT2D eigenvalue weighted by Crippen LogP contribution is -2.50. The second-order valence-corrected chi connectivity index (χ2v) is 6.21. The number of furan rings is 1. The zero-order valence-electron chi connectivity index (χ0n) is 13.0. The number of amides is 2. The average Bonchev–Trinajstić information content (AvgIpc) is 2.81. The third kappa shape index (κ3) is 2.81. The minimum absolute atomic E-state index is 0.233.